The maximum Gasteiger partial charge on any atom is 0.410 e. The fraction of sp³-hybridized carbons (Fsp3) is 0.667. The highest BCUT2D eigenvalue weighted by atomic mass is 16.6. The van der Waals surface area contributed by atoms with Gasteiger partial charge in [-0.2, -0.15) is 0 Å². The van der Waals surface area contributed by atoms with Gasteiger partial charge in [-0.25, -0.2) is 4.79 Å². The van der Waals surface area contributed by atoms with Crippen molar-refractivity contribution >= 4 is 17.7 Å². The minimum Gasteiger partial charge on any atom is -0.444 e. The highest BCUT2D eigenvalue weighted by Crippen LogP contribution is 2.23. The van der Waals surface area contributed by atoms with Crippen LogP contribution in [0.25, 0.3) is 0 Å². The molecule has 0 aliphatic carbocycles. The number of rotatable bonds is 4. The Morgan fingerprint density at radius 1 is 1.03 bits per heavy atom. The van der Waals surface area contributed by atoms with Gasteiger partial charge in [0.15, 0.2) is 0 Å². The molecule has 1 unspecified atom stereocenters. The van der Waals surface area contributed by atoms with Crippen LogP contribution in [0.5, 0.6) is 0 Å². The Kier molecular flexibility index (Phi) is 7.40. The number of likely N-dealkylation sites (tertiary alicyclic amines) is 2. The molecule has 2 aliphatic heterocycles. The Bertz CT molecular complexity index is 718. The molecule has 2 fully saturated rings. The van der Waals surface area contributed by atoms with E-state index in [2.05, 4.69) is 29.3 Å². The van der Waals surface area contributed by atoms with Crippen molar-refractivity contribution < 1.29 is 14.3 Å². The van der Waals surface area contributed by atoms with Gasteiger partial charge in [0.1, 0.15) is 5.60 Å². The average Bonchev–Trinajstić information content (AvgIpc) is 2.70. The van der Waals surface area contributed by atoms with Gasteiger partial charge in [0, 0.05) is 37.3 Å². The van der Waals surface area contributed by atoms with Crippen molar-refractivity contribution in [3.05, 3.63) is 29.8 Å². The summed E-state index contributed by atoms with van der Waals surface area (Å²) in [6.45, 7) is 11.2. The Hall–Kier alpha value is -2.08. The molecule has 0 bridgehead atoms. The molecule has 30 heavy (non-hydrogen) atoms. The number of carbonyl (C=O) groups is 2. The van der Waals surface area contributed by atoms with Gasteiger partial charge in [-0.05, 0) is 77.6 Å². The van der Waals surface area contributed by atoms with Crippen molar-refractivity contribution in [3.8, 4) is 0 Å². The van der Waals surface area contributed by atoms with Crippen LogP contribution in [-0.2, 0) is 16.1 Å². The van der Waals surface area contributed by atoms with Gasteiger partial charge in [-0.1, -0.05) is 18.6 Å². The summed E-state index contributed by atoms with van der Waals surface area (Å²) in [6, 6.07) is 8.86. The van der Waals surface area contributed by atoms with E-state index in [1.165, 1.54) is 31.4 Å². The molecule has 1 aromatic carbocycles. The summed E-state index contributed by atoms with van der Waals surface area (Å²) in [7, 11) is 0. The van der Waals surface area contributed by atoms with E-state index in [4.69, 9.17) is 4.74 Å². The van der Waals surface area contributed by atoms with Crippen molar-refractivity contribution in [2.45, 2.75) is 78.0 Å². The molecule has 6 nitrogen and oxygen atoms in total. The number of hydrogen-bond donors (Lipinski definition) is 1. The molecule has 1 atom stereocenters. The van der Waals surface area contributed by atoms with Crippen LogP contribution in [0.2, 0.25) is 0 Å². The fourth-order valence-electron chi connectivity index (χ4n) is 4.22. The van der Waals surface area contributed by atoms with Gasteiger partial charge in [-0.3, -0.25) is 9.69 Å². The second-order valence-corrected chi connectivity index (χ2v) is 9.74. The molecule has 6 heteroatoms. The van der Waals surface area contributed by atoms with Crippen LogP contribution >= 0.6 is 0 Å². The van der Waals surface area contributed by atoms with Crippen LogP contribution in [0, 0.1) is 5.92 Å². The first-order valence-corrected chi connectivity index (χ1v) is 11.3. The summed E-state index contributed by atoms with van der Waals surface area (Å²) < 4.78 is 5.42. The minimum absolute atomic E-state index is 0.0382. The number of benzene rings is 1. The van der Waals surface area contributed by atoms with Crippen LogP contribution in [0.1, 0.15) is 65.4 Å². The van der Waals surface area contributed by atoms with E-state index >= 15 is 0 Å². The van der Waals surface area contributed by atoms with Crippen molar-refractivity contribution in [2.24, 2.45) is 5.92 Å². The summed E-state index contributed by atoms with van der Waals surface area (Å²) in [4.78, 5) is 29.1. The van der Waals surface area contributed by atoms with E-state index in [0.29, 0.717) is 32.0 Å². The fourth-order valence-corrected chi connectivity index (χ4v) is 4.22. The van der Waals surface area contributed by atoms with E-state index in [-0.39, 0.29) is 17.9 Å². The van der Waals surface area contributed by atoms with Crippen LogP contribution in [-0.4, -0.2) is 53.1 Å². The third-order valence-electron chi connectivity index (χ3n) is 6.07. The van der Waals surface area contributed by atoms with Gasteiger partial charge in [0.2, 0.25) is 5.91 Å². The number of hydrogen-bond acceptors (Lipinski definition) is 4. The molecular weight excluding hydrogens is 378 g/mol. The monoisotopic (exact) mass is 415 g/mol. The average molecular weight is 416 g/mol. The topological polar surface area (TPSA) is 61.9 Å². The lowest BCUT2D eigenvalue weighted by Crippen LogP contribution is -2.43. The smallest absolute Gasteiger partial charge is 0.410 e. The number of amides is 2. The number of nitrogens with one attached hydrogen (secondary N) is 1. The van der Waals surface area contributed by atoms with Crippen LogP contribution in [0.4, 0.5) is 10.5 Å². The zero-order chi connectivity index (χ0) is 21.7. The highest BCUT2D eigenvalue weighted by Gasteiger charge is 2.30. The van der Waals surface area contributed by atoms with Crippen LogP contribution in [0.15, 0.2) is 24.3 Å². The maximum atomic E-state index is 12.7. The molecule has 0 radical (unpaired) electrons. The Balaban J connectivity index is 1.45. The summed E-state index contributed by atoms with van der Waals surface area (Å²) in [5.41, 5.74) is 1.63. The van der Waals surface area contributed by atoms with Crippen molar-refractivity contribution in [1.82, 2.24) is 9.80 Å². The second-order valence-electron chi connectivity index (χ2n) is 9.74. The first kappa shape index (κ1) is 22.6. The minimum atomic E-state index is -0.497. The molecule has 1 N–H and O–H groups in total. The summed E-state index contributed by atoms with van der Waals surface area (Å²) in [6.07, 6.45) is 4.93. The Labute approximate surface area is 180 Å². The first-order chi connectivity index (χ1) is 14.2. The molecule has 1 aromatic rings. The van der Waals surface area contributed by atoms with Crippen molar-refractivity contribution in [2.75, 3.05) is 25.0 Å². The normalized spacial score (nSPS) is 21.3. The molecule has 3 rings (SSSR count). The van der Waals surface area contributed by atoms with E-state index in [1.54, 1.807) is 4.90 Å². The summed E-state index contributed by atoms with van der Waals surface area (Å²) >= 11 is 0. The van der Waals surface area contributed by atoms with E-state index in [1.807, 2.05) is 32.9 Å². The number of nitrogens with zero attached hydrogens (tertiary/aromatic N) is 2. The quantitative estimate of drug-likeness (QED) is 0.778. The highest BCUT2D eigenvalue weighted by molar-refractivity contribution is 5.92. The molecule has 2 aliphatic rings. The first-order valence-electron chi connectivity index (χ1n) is 11.3. The van der Waals surface area contributed by atoms with Gasteiger partial charge < -0.3 is 15.0 Å². The van der Waals surface area contributed by atoms with E-state index in [0.717, 1.165) is 12.2 Å². The number of carbonyl (C=O) groups excluding carboxylic acids is 2. The molecule has 2 amide bonds. The van der Waals surface area contributed by atoms with Gasteiger partial charge in [0.25, 0.3) is 0 Å². The summed E-state index contributed by atoms with van der Waals surface area (Å²) in [5.74, 6) is -0.0335. The van der Waals surface area contributed by atoms with Crippen molar-refractivity contribution in [3.63, 3.8) is 0 Å². The standard InChI is InChI=1S/C24H37N3O3/c1-18-7-5-6-14-27(18)17-19-8-10-21(11-9-19)25-22(28)20-12-15-26(16-13-20)23(29)30-24(2,3)4/h8-11,18,20H,5-7,12-17H2,1-4H3,(H,25,28). The molecular formula is C24H37N3O3. The predicted molar refractivity (Wildman–Crippen MR) is 119 cm³/mol. The Morgan fingerprint density at radius 2 is 1.70 bits per heavy atom. The number of ether oxygens (including phenoxy) is 1. The molecule has 2 heterocycles. The lowest BCUT2D eigenvalue weighted by atomic mass is 9.96. The molecule has 2 saturated heterocycles. The molecule has 0 spiro atoms. The van der Waals surface area contributed by atoms with E-state index < -0.39 is 5.60 Å². The lowest BCUT2D eigenvalue weighted by Gasteiger charge is -2.33. The zero-order valence-corrected chi connectivity index (χ0v) is 18.9. The Morgan fingerprint density at radius 3 is 2.30 bits per heavy atom. The van der Waals surface area contributed by atoms with Gasteiger partial charge in [0.05, 0.1) is 0 Å². The second kappa shape index (κ2) is 9.82. The largest absolute Gasteiger partial charge is 0.444 e. The zero-order valence-electron chi connectivity index (χ0n) is 18.9. The van der Waals surface area contributed by atoms with Crippen molar-refractivity contribution in [1.29, 1.82) is 0 Å². The van der Waals surface area contributed by atoms with Crippen LogP contribution in [0.3, 0.4) is 0 Å². The van der Waals surface area contributed by atoms with Crippen LogP contribution < -0.4 is 5.32 Å². The SMILES string of the molecule is CC1CCCCN1Cc1ccc(NC(=O)C2CCN(C(=O)OC(C)(C)C)CC2)cc1. The maximum absolute atomic E-state index is 12.7. The molecule has 0 saturated carbocycles. The number of piperidine rings is 2. The lowest BCUT2D eigenvalue weighted by molar-refractivity contribution is -0.121. The predicted octanol–water partition coefficient (Wildman–Crippen LogP) is 4.65. The number of anilines is 1. The molecule has 166 valence electrons. The third kappa shape index (κ3) is 6.46. The summed E-state index contributed by atoms with van der Waals surface area (Å²) in [5, 5.41) is 3.05. The molecule has 0 aromatic heterocycles. The van der Waals surface area contributed by atoms with Gasteiger partial charge >= 0.3 is 6.09 Å². The van der Waals surface area contributed by atoms with Gasteiger partial charge in [-0.15, -0.1) is 0 Å². The third-order valence-corrected chi connectivity index (χ3v) is 6.07. The van der Waals surface area contributed by atoms with E-state index in [9.17, 15) is 9.59 Å².